The molecule has 1 fully saturated rings. The summed E-state index contributed by atoms with van der Waals surface area (Å²) in [6.45, 7) is 2.74. The first-order valence-electron chi connectivity index (χ1n) is 9.01. The molecule has 1 aliphatic heterocycles. The fraction of sp³-hybridized carbons (Fsp3) is 0.450. The van der Waals surface area contributed by atoms with E-state index in [0.29, 0.717) is 49.2 Å². The molecule has 0 bridgehead atoms. The number of carboxylic acids is 1. The Morgan fingerprint density at radius 3 is 2.63 bits per heavy atom. The number of amides is 1. The standard InChI is InChI=1S/C20H23NO6/c1-12-15-4-3-14(26-2)11-17(15)27-20(25)16(12)5-6-18(22)21-9-7-13(8-10-21)19(23)24/h3-4,11,13H,5-10H2,1-2H3,(H,23,24). The zero-order valence-corrected chi connectivity index (χ0v) is 15.5. The smallest absolute Gasteiger partial charge is 0.339 e. The van der Waals surface area contributed by atoms with Gasteiger partial charge in [-0.2, -0.15) is 0 Å². The van der Waals surface area contributed by atoms with E-state index in [9.17, 15) is 14.4 Å². The third kappa shape index (κ3) is 3.97. The van der Waals surface area contributed by atoms with Gasteiger partial charge in [-0.05, 0) is 43.9 Å². The highest BCUT2D eigenvalue weighted by Gasteiger charge is 2.27. The maximum Gasteiger partial charge on any atom is 0.339 e. The summed E-state index contributed by atoms with van der Waals surface area (Å²) < 4.78 is 10.6. The molecule has 7 heteroatoms. The molecule has 1 aromatic carbocycles. The highest BCUT2D eigenvalue weighted by molar-refractivity contribution is 5.83. The number of nitrogens with zero attached hydrogens (tertiary/aromatic N) is 1. The van der Waals surface area contributed by atoms with Gasteiger partial charge < -0.3 is 19.2 Å². The van der Waals surface area contributed by atoms with Gasteiger partial charge in [0.25, 0.3) is 0 Å². The Morgan fingerprint density at radius 2 is 2.00 bits per heavy atom. The molecule has 3 rings (SSSR count). The molecule has 0 radical (unpaired) electrons. The molecule has 144 valence electrons. The number of rotatable bonds is 5. The molecular weight excluding hydrogens is 350 g/mol. The molecule has 0 unspecified atom stereocenters. The summed E-state index contributed by atoms with van der Waals surface area (Å²) in [5.41, 5.74) is 1.33. The van der Waals surface area contributed by atoms with E-state index >= 15 is 0 Å². The van der Waals surface area contributed by atoms with Gasteiger partial charge in [-0.15, -0.1) is 0 Å². The summed E-state index contributed by atoms with van der Waals surface area (Å²) in [4.78, 5) is 37.5. The molecule has 0 saturated carbocycles. The normalized spacial score (nSPS) is 15.1. The number of aryl methyl sites for hydroxylation is 1. The van der Waals surface area contributed by atoms with Crippen molar-refractivity contribution in [2.75, 3.05) is 20.2 Å². The van der Waals surface area contributed by atoms with Crippen LogP contribution in [-0.2, 0) is 16.0 Å². The van der Waals surface area contributed by atoms with E-state index in [1.54, 1.807) is 24.1 Å². The van der Waals surface area contributed by atoms with E-state index < -0.39 is 11.6 Å². The zero-order valence-electron chi connectivity index (χ0n) is 15.5. The van der Waals surface area contributed by atoms with Gasteiger partial charge in [0.05, 0.1) is 13.0 Å². The van der Waals surface area contributed by atoms with Gasteiger partial charge >= 0.3 is 11.6 Å². The molecule has 0 atom stereocenters. The highest BCUT2D eigenvalue weighted by atomic mass is 16.5. The second kappa shape index (κ2) is 7.82. The summed E-state index contributed by atoms with van der Waals surface area (Å²) in [5.74, 6) is -0.630. The van der Waals surface area contributed by atoms with Crippen LogP contribution < -0.4 is 10.4 Å². The molecule has 1 saturated heterocycles. The highest BCUT2D eigenvalue weighted by Crippen LogP contribution is 2.25. The SMILES string of the molecule is COc1ccc2c(C)c(CCC(=O)N3CCC(C(=O)O)CC3)c(=O)oc2c1. The average molecular weight is 373 g/mol. The largest absolute Gasteiger partial charge is 0.497 e. The second-order valence-corrected chi connectivity index (χ2v) is 6.85. The molecule has 1 aliphatic rings. The molecule has 1 N–H and O–H groups in total. The number of carboxylic acid groups (broad SMARTS) is 1. The van der Waals surface area contributed by atoms with Gasteiger partial charge in [0, 0.05) is 36.5 Å². The van der Waals surface area contributed by atoms with Gasteiger partial charge in [-0.3, -0.25) is 9.59 Å². The molecule has 7 nitrogen and oxygen atoms in total. The van der Waals surface area contributed by atoms with Gasteiger partial charge in [0.15, 0.2) is 0 Å². The summed E-state index contributed by atoms with van der Waals surface area (Å²) in [5, 5.41) is 9.86. The van der Waals surface area contributed by atoms with Crippen LogP contribution in [0.15, 0.2) is 27.4 Å². The lowest BCUT2D eigenvalue weighted by Crippen LogP contribution is -2.40. The number of piperidine rings is 1. The molecule has 1 aromatic heterocycles. The van der Waals surface area contributed by atoms with Gasteiger partial charge in [0.1, 0.15) is 11.3 Å². The minimum atomic E-state index is -0.803. The van der Waals surface area contributed by atoms with Crippen LogP contribution in [-0.4, -0.2) is 42.1 Å². The minimum absolute atomic E-state index is 0.0625. The number of fused-ring (bicyclic) bond motifs is 1. The Balaban J connectivity index is 1.71. The van der Waals surface area contributed by atoms with Crippen LogP contribution >= 0.6 is 0 Å². The van der Waals surface area contributed by atoms with E-state index in [1.165, 1.54) is 0 Å². The average Bonchev–Trinajstić information content (AvgIpc) is 2.67. The first-order valence-corrected chi connectivity index (χ1v) is 9.01. The molecule has 1 amide bonds. The maximum atomic E-state index is 12.4. The Bertz CT molecular complexity index is 924. The van der Waals surface area contributed by atoms with Crippen LogP contribution in [0.1, 0.15) is 30.4 Å². The predicted octanol–water partition coefficient (Wildman–Crippen LogP) is 2.37. The van der Waals surface area contributed by atoms with Gasteiger partial charge in [-0.25, -0.2) is 4.79 Å². The molecule has 27 heavy (non-hydrogen) atoms. The lowest BCUT2D eigenvalue weighted by atomic mass is 9.96. The fourth-order valence-electron chi connectivity index (χ4n) is 3.56. The molecule has 2 aromatic rings. The topological polar surface area (TPSA) is 97.0 Å². The number of hydrogen-bond acceptors (Lipinski definition) is 5. The van der Waals surface area contributed by atoms with E-state index in [0.717, 1.165) is 10.9 Å². The maximum absolute atomic E-state index is 12.4. The summed E-state index contributed by atoms with van der Waals surface area (Å²) >= 11 is 0. The fourth-order valence-corrected chi connectivity index (χ4v) is 3.56. The Hall–Kier alpha value is -2.83. The van der Waals surface area contributed by atoms with Crippen molar-refractivity contribution in [2.45, 2.75) is 32.6 Å². The van der Waals surface area contributed by atoms with Crippen LogP contribution in [0.4, 0.5) is 0 Å². The van der Waals surface area contributed by atoms with Crippen molar-refractivity contribution in [3.05, 3.63) is 39.7 Å². The monoisotopic (exact) mass is 373 g/mol. The zero-order chi connectivity index (χ0) is 19.6. The lowest BCUT2D eigenvalue weighted by molar-refractivity contribution is -0.145. The number of aliphatic carboxylic acids is 1. The van der Waals surface area contributed by atoms with Crippen molar-refractivity contribution < 1.29 is 23.8 Å². The molecular formula is C20H23NO6. The van der Waals surface area contributed by atoms with E-state index in [-0.39, 0.29) is 18.2 Å². The Morgan fingerprint density at radius 1 is 1.30 bits per heavy atom. The number of methoxy groups -OCH3 is 1. The van der Waals surface area contributed by atoms with Crippen molar-refractivity contribution in [3.8, 4) is 5.75 Å². The molecule has 0 spiro atoms. The minimum Gasteiger partial charge on any atom is -0.497 e. The van der Waals surface area contributed by atoms with Crippen LogP contribution in [0.5, 0.6) is 5.75 Å². The van der Waals surface area contributed by atoms with Crippen LogP contribution in [0.2, 0.25) is 0 Å². The van der Waals surface area contributed by atoms with Gasteiger partial charge in [-0.1, -0.05) is 0 Å². The third-order valence-corrected chi connectivity index (χ3v) is 5.28. The van der Waals surface area contributed by atoms with Crippen molar-refractivity contribution >= 4 is 22.8 Å². The lowest BCUT2D eigenvalue weighted by Gasteiger charge is -2.30. The summed E-state index contributed by atoms with van der Waals surface area (Å²) in [7, 11) is 1.55. The quantitative estimate of drug-likeness (QED) is 0.808. The molecule has 0 aliphatic carbocycles. The van der Waals surface area contributed by atoms with Crippen LogP contribution in [0.3, 0.4) is 0 Å². The predicted molar refractivity (Wildman–Crippen MR) is 99.0 cm³/mol. The van der Waals surface area contributed by atoms with Crippen molar-refractivity contribution in [2.24, 2.45) is 5.92 Å². The van der Waals surface area contributed by atoms with Crippen molar-refractivity contribution in [1.29, 1.82) is 0 Å². The van der Waals surface area contributed by atoms with Crippen LogP contribution in [0.25, 0.3) is 11.0 Å². The number of likely N-dealkylation sites (tertiary alicyclic amines) is 1. The summed E-state index contributed by atoms with van der Waals surface area (Å²) in [6, 6.07) is 5.32. The first kappa shape index (κ1) is 18.9. The number of carbonyl (C=O) groups is 2. The van der Waals surface area contributed by atoms with Crippen molar-refractivity contribution in [1.82, 2.24) is 4.90 Å². The van der Waals surface area contributed by atoms with Crippen LogP contribution in [0, 0.1) is 12.8 Å². The van der Waals surface area contributed by atoms with E-state index in [2.05, 4.69) is 0 Å². The van der Waals surface area contributed by atoms with E-state index in [4.69, 9.17) is 14.3 Å². The van der Waals surface area contributed by atoms with E-state index in [1.807, 2.05) is 13.0 Å². The Labute approximate surface area is 156 Å². The number of benzene rings is 1. The van der Waals surface area contributed by atoms with Gasteiger partial charge in [0.2, 0.25) is 5.91 Å². The Kier molecular flexibility index (Phi) is 5.48. The first-order chi connectivity index (χ1) is 12.9. The van der Waals surface area contributed by atoms with Crippen molar-refractivity contribution in [3.63, 3.8) is 0 Å². The molecule has 2 heterocycles. The summed E-state index contributed by atoms with van der Waals surface area (Å²) in [6.07, 6.45) is 1.44. The number of hydrogen-bond donors (Lipinski definition) is 1. The number of carbonyl (C=O) groups excluding carboxylic acids is 1. The second-order valence-electron chi connectivity index (χ2n) is 6.85. The third-order valence-electron chi connectivity index (χ3n) is 5.28. The number of ether oxygens (including phenoxy) is 1.